The molecule has 0 saturated heterocycles. The Morgan fingerprint density at radius 3 is 2.64 bits per heavy atom. The van der Waals surface area contributed by atoms with Crippen LogP contribution in [0.3, 0.4) is 0 Å². The standard InChI is InChI=1S/C33H29BrClFN2O5S/c1-5-41-32(40)28-19(4)37-33-38(29(28)23-11-7-9-13-26(23)43-18(2)3)31(39)27(44-33)15-21-14-22(35)16-24(34)30(21)42-17-20-10-6-8-12-25(20)36/h6-16,18,29H,5,17H2,1-4H3/b27-15-/t29-/m1/s1. The molecule has 1 aliphatic rings. The highest BCUT2D eigenvalue weighted by Gasteiger charge is 2.35. The van der Waals surface area contributed by atoms with Gasteiger partial charge in [-0.05, 0) is 74.0 Å². The number of allylic oxidation sites excluding steroid dienone is 1. The van der Waals surface area contributed by atoms with E-state index in [2.05, 4.69) is 20.9 Å². The van der Waals surface area contributed by atoms with Crippen molar-refractivity contribution in [1.29, 1.82) is 0 Å². The molecule has 7 nitrogen and oxygen atoms in total. The van der Waals surface area contributed by atoms with E-state index >= 15 is 0 Å². The number of rotatable bonds is 9. The summed E-state index contributed by atoms with van der Waals surface area (Å²) in [7, 11) is 0. The molecule has 0 spiro atoms. The zero-order valence-electron chi connectivity index (χ0n) is 24.4. The number of para-hydroxylation sites is 1. The second-order valence-electron chi connectivity index (χ2n) is 10.2. The molecule has 0 aliphatic carbocycles. The van der Waals surface area contributed by atoms with Crippen molar-refractivity contribution in [1.82, 2.24) is 4.57 Å². The summed E-state index contributed by atoms with van der Waals surface area (Å²) in [6, 6.07) is 16.1. The Bertz CT molecular complexity index is 1950. The summed E-state index contributed by atoms with van der Waals surface area (Å²) in [5.41, 5.74) is 1.84. The number of carbonyl (C=O) groups is 1. The van der Waals surface area contributed by atoms with Gasteiger partial charge < -0.3 is 14.2 Å². The van der Waals surface area contributed by atoms with Crippen LogP contribution < -0.4 is 24.4 Å². The number of nitrogens with zero attached hydrogens (tertiary/aromatic N) is 2. The molecule has 4 aromatic rings. The van der Waals surface area contributed by atoms with Crippen LogP contribution in [0.25, 0.3) is 6.08 Å². The fraction of sp³-hybridized carbons (Fsp3) is 0.242. The van der Waals surface area contributed by atoms with Crippen LogP contribution in [0.15, 0.2) is 86.2 Å². The van der Waals surface area contributed by atoms with E-state index in [1.54, 1.807) is 50.3 Å². The number of halogens is 3. The first-order valence-corrected chi connectivity index (χ1v) is 15.9. The molecule has 1 aliphatic heterocycles. The quantitative estimate of drug-likeness (QED) is 0.181. The maximum Gasteiger partial charge on any atom is 0.338 e. The van der Waals surface area contributed by atoms with E-state index in [0.29, 0.717) is 52.7 Å². The molecule has 228 valence electrons. The fourth-order valence-corrected chi connectivity index (χ4v) is 6.89. The minimum Gasteiger partial charge on any atom is -0.491 e. The Hall–Kier alpha value is -3.73. The number of ether oxygens (including phenoxy) is 3. The Morgan fingerprint density at radius 1 is 1.18 bits per heavy atom. The van der Waals surface area contributed by atoms with E-state index in [4.69, 9.17) is 25.8 Å². The summed E-state index contributed by atoms with van der Waals surface area (Å²) < 4.78 is 34.3. The first kappa shape index (κ1) is 31.7. The van der Waals surface area contributed by atoms with Gasteiger partial charge in [0.05, 0.1) is 33.0 Å². The molecule has 5 rings (SSSR count). The Morgan fingerprint density at radius 2 is 1.91 bits per heavy atom. The van der Waals surface area contributed by atoms with Crippen molar-refractivity contribution < 1.29 is 23.4 Å². The number of esters is 1. The minimum absolute atomic E-state index is 0.0380. The van der Waals surface area contributed by atoms with Gasteiger partial charge in [0, 0.05) is 21.7 Å². The SMILES string of the molecule is CCOC(=O)C1=C(C)N=c2s/c(=C\c3cc(Cl)cc(Br)c3OCc3ccccc3F)c(=O)n2[C@@H]1c1ccccc1OC(C)C. The highest BCUT2D eigenvalue weighted by molar-refractivity contribution is 9.10. The van der Waals surface area contributed by atoms with Gasteiger partial charge in [-0.15, -0.1) is 0 Å². The van der Waals surface area contributed by atoms with Crippen LogP contribution in [0.1, 0.15) is 50.4 Å². The maximum absolute atomic E-state index is 14.3. The number of hydrogen-bond acceptors (Lipinski definition) is 7. The van der Waals surface area contributed by atoms with Gasteiger partial charge in [0.15, 0.2) is 4.80 Å². The van der Waals surface area contributed by atoms with Crippen LogP contribution in [0.2, 0.25) is 5.02 Å². The van der Waals surface area contributed by atoms with E-state index in [9.17, 15) is 14.0 Å². The van der Waals surface area contributed by atoms with E-state index < -0.39 is 12.0 Å². The zero-order chi connectivity index (χ0) is 31.5. The number of carbonyl (C=O) groups excluding carboxylic acids is 1. The average Bonchev–Trinajstić information content (AvgIpc) is 3.26. The van der Waals surface area contributed by atoms with Crippen LogP contribution >= 0.6 is 38.9 Å². The van der Waals surface area contributed by atoms with Crippen LogP contribution in [-0.4, -0.2) is 23.2 Å². The first-order valence-electron chi connectivity index (χ1n) is 13.9. The molecule has 1 atom stereocenters. The third kappa shape index (κ3) is 6.52. The normalized spacial score (nSPS) is 14.8. The smallest absolute Gasteiger partial charge is 0.338 e. The maximum atomic E-state index is 14.3. The second kappa shape index (κ2) is 13.5. The Labute approximate surface area is 271 Å². The summed E-state index contributed by atoms with van der Waals surface area (Å²) >= 11 is 11.1. The Balaban J connectivity index is 1.68. The zero-order valence-corrected chi connectivity index (χ0v) is 27.6. The van der Waals surface area contributed by atoms with Crippen molar-refractivity contribution >= 4 is 50.9 Å². The molecule has 0 N–H and O–H groups in total. The summed E-state index contributed by atoms with van der Waals surface area (Å²) in [4.78, 5) is 32.6. The van der Waals surface area contributed by atoms with Crippen molar-refractivity contribution in [2.75, 3.05) is 6.61 Å². The summed E-state index contributed by atoms with van der Waals surface area (Å²) in [6.45, 7) is 7.39. The van der Waals surface area contributed by atoms with E-state index in [-0.39, 0.29) is 36.3 Å². The van der Waals surface area contributed by atoms with Crippen LogP contribution in [0, 0.1) is 5.82 Å². The lowest BCUT2D eigenvalue weighted by Crippen LogP contribution is -2.40. The van der Waals surface area contributed by atoms with E-state index in [0.717, 1.165) is 0 Å². The molecule has 0 unspecified atom stereocenters. The average molecular weight is 700 g/mol. The summed E-state index contributed by atoms with van der Waals surface area (Å²) in [5.74, 6) is -0.0165. The van der Waals surface area contributed by atoms with Crippen molar-refractivity contribution in [2.45, 2.75) is 46.4 Å². The van der Waals surface area contributed by atoms with Gasteiger partial charge >= 0.3 is 5.97 Å². The molecule has 0 fully saturated rings. The number of fused-ring (bicyclic) bond motifs is 1. The van der Waals surface area contributed by atoms with Crippen molar-refractivity contribution in [3.63, 3.8) is 0 Å². The lowest BCUT2D eigenvalue weighted by molar-refractivity contribution is -0.139. The molecule has 2 heterocycles. The molecule has 0 amide bonds. The number of aromatic nitrogens is 1. The predicted molar refractivity (Wildman–Crippen MR) is 172 cm³/mol. The summed E-state index contributed by atoms with van der Waals surface area (Å²) in [5, 5.41) is 0.409. The van der Waals surface area contributed by atoms with E-state index in [1.165, 1.54) is 22.0 Å². The number of thiazole rings is 1. The van der Waals surface area contributed by atoms with Gasteiger partial charge in [-0.25, -0.2) is 14.2 Å². The largest absolute Gasteiger partial charge is 0.491 e. The monoisotopic (exact) mass is 698 g/mol. The fourth-order valence-electron chi connectivity index (χ4n) is 4.90. The van der Waals surface area contributed by atoms with Gasteiger partial charge in [0.25, 0.3) is 5.56 Å². The summed E-state index contributed by atoms with van der Waals surface area (Å²) in [6.07, 6.45) is 1.51. The highest BCUT2D eigenvalue weighted by Crippen LogP contribution is 2.37. The topological polar surface area (TPSA) is 79.1 Å². The molecule has 0 bridgehead atoms. The van der Waals surface area contributed by atoms with Crippen LogP contribution in [0.4, 0.5) is 4.39 Å². The molecule has 0 radical (unpaired) electrons. The van der Waals surface area contributed by atoms with Crippen LogP contribution in [0.5, 0.6) is 11.5 Å². The molecular formula is C33H29BrClFN2O5S. The van der Waals surface area contributed by atoms with Gasteiger partial charge in [-0.1, -0.05) is 59.3 Å². The number of benzene rings is 3. The molecular weight excluding hydrogens is 671 g/mol. The van der Waals surface area contributed by atoms with Crippen molar-refractivity contribution in [3.05, 3.63) is 124 Å². The minimum atomic E-state index is -0.842. The number of hydrogen-bond donors (Lipinski definition) is 0. The first-order chi connectivity index (χ1) is 21.1. The van der Waals surface area contributed by atoms with Gasteiger partial charge in [0.2, 0.25) is 0 Å². The highest BCUT2D eigenvalue weighted by atomic mass is 79.9. The molecule has 44 heavy (non-hydrogen) atoms. The van der Waals surface area contributed by atoms with Crippen molar-refractivity contribution in [2.24, 2.45) is 4.99 Å². The molecule has 3 aromatic carbocycles. The van der Waals surface area contributed by atoms with E-state index in [1.807, 2.05) is 38.1 Å². The van der Waals surface area contributed by atoms with Gasteiger partial charge in [0.1, 0.15) is 30.0 Å². The lowest BCUT2D eigenvalue weighted by atomic mass is 9.95. The predicted octanol–water partition coefficient (Wildman–Crippen LogP) is 6.72. The second-order valence-corrected chi connectivity index (χ2v) is 12.5. The van der Waals surface area contributed by atoms with Crippen LogP contribution in [-0.2, 0) is 16.1 Å². The van der Waals surface area contributed by atoms with Gasteiger partial charge in [-0.2, -0.15) is 0 Å². The third-order valence-corrected chi connectivity index (χ3v) is 8.54. The molecule has 11 heteroatoms. The molecule has 0 saturated carbocycles. The third-order valence-electron chi connectivity index (χ3n) is 6.75. The molecule has 1 aromatic heterocycles. The van der Waals surface area contributed by atoms with Crippen molar-refractivity contribution in [3.8, 4) is 11.5 Å². The lowest BCUT2D eigenvalue weighted by Gasteiger charge is -2.26. The van der Waals surface area contributed by atoms with Gasteiger partial charge in [-0.3, -0.25) is 9.36 Å². The Kier molecular flexibility index (Phi) is 9.72.